The highest BCUT2D eigenvalue weighted by Crippen LogP contribution is 2.34. The van der Waals surface area contributed by atoms with Crippen LogP contribution in [-0.2, 0) is 0 Å². The maximum Gasteiger partial charge on any atom is 0.0871 e. The largest absolute Gasteiger partial charge is 0.391 e. The standard InChI is InChI=1S/C7H13NO3/c9-5-2-1-4-3-6(10)7(5)8(4)11/h4-7,9-11H,1-3H2/t4-,5+,6-,7+/m1/s1. The van der Waals surface area contributed by atoms with Crippen LogP contribution in [0.3, 0.4) is 0 Å². The topological polar surface area (TPSA) is 63.9 Å². The summed E-state index contributed by atoms with van der Waals surface area (Å²) in [6.45, 7) is 0. The monoisotopic (exact) mass is 159 g/mol. The van der Waals surface area contributed by atoms with Crippen LogP contribution in [0.5, 0.6) is 0 Å². The SMILES string of the molecule is O[C@@H]1C[C@H]2CC[C@H](O)[C@@H]1N2O. The van der Waals surface area contributed by atoms with Gasteiger partial charge in [0.25, 0.3) is 0 Å². The van der Waals surface area contributed by atoms with Gasteiger partial charge in [-0.25, -0.2) is 0 Å². The molecule has 2 fully saturated rings. The van der Waals surface area contributed by atoms with Gasteiger partial charge in [0.2, 0.25) is 0 Å². The number of fused-ring (bicyclic) bond motifs is 2. The van der Waals surface area contributed by atoms with Crippen molar-refractivity contribution in [3.63, 3.8) is 0 Å². The van der Waals surface area contributed by atoms with Gasteiger partial charge in [-0.2, -0.15) is 5.06 Å². The number of aliphatic hydroxyl groups is 2. The molecule has 2 aliphatic heterocycles. The number of aliphatic hydroxyl groups excluding tert-OH is 2. The summed E-state index contributed by atoms with van der Waals surface area (Å²) in [4.78, 5) is 0. The fourth-order valence-electron chi connectivity index (χ4n) is 2.16. The number of nitrogens with zero attached hydrogens (tertiary/aromatic N) is 1. The van der Waals surface area contributed by atoms with E-state index in [4.69, 9.17) is 0 Å². The van der Waals surface area contributed by atoms with Crippen LogP contribution >= 0.6 is 0 Å². The zero-order valence-corrected chi connectivity index (χ0v) is 6.22. The third-order valence-electron chi connectivity index (χ3n) is 2.78. The molecule has 0 aromatic heterocycles. The molecule has 0 aliphatic carbocycles. The molecule has 2 saturated heterocycles. The Morgan fingerprint density at radius 1 is 1.09 bits per heavy atom. The molecule has 11 heavy (non-hydrogen) atoms. The van der Waals surface area contributed by atoms with Gasteiger partial charge in [-0.15, -0.1) is 0 Å². The second-order valence-corrected chi connectivity index (χ2v) is 3.47. The Morgan fingerprint density at radius 2 is 1.82 bits per heavy atom. The molecule has 0 saturated carbocycles. The van der Waals surface area contributed by atoms with Crippen LogP contribution < -0.4 is 0 Å². The van der Waals surface area contributed by atoms with Crippen molar-refractivity contribution in [2.75, 3.05) is 0 Å². The summed E-state index contributed by atoms with van der Waals surface area (Å²) in [5, 5.41) is 29.2. The smallest absolute Gasteiger partial charge is 0.0871 e. The molecule has 2 rings (SSSR count). The summed E-state index contributed by atoms with van der Waals surface area (Å²) in [7, 11) is 0. The third-order valence-corrected chi connectivity index (χ3v) is 2.78. The van der Waals surface area contributed by atoms with E-state index in [1.54, 1.807) is 0 Å². The molecular weight excluding hydrogens is 146 g/mol. The first-order chi connectivity index (χ1) is 5.20. The molecule has 2 heterocycles. The first-order valence-electron chi connectivity index (χ1n) is 4.03. The van der Waals surface area contributed by atoms with Crippen molar-refractivity contribution in [2.24, 2.45) is 0 Å². The number of piperidine rings is 1. The normalized spacial score (nSPS) is 51.5. The van der Waals surface area contributed by atoms with Crippen LogP contribution in [0.15, 0.2) is 0 Å². The molecule has 4 atom stereocenters. The van der Waals surface area contributed by atoms with E-state index in [0.717, 1.165) is 11.5 Å². The summed E-state index contributed by atoms with van der Waals surface area (Å²) in [5.74, 6) is 0. The van der Waals surface area contributed by atoms with Crippen molar-refractivity contribution in [3.8, 4) is 0 Å². The average molecular weight is 159 g/mol. The number of hydrogen-bond donors (Lipinski definition) is 3. The van der Waals surface area contributed by atoms with Crippen molar-refractivity contribution in [1.82, 2.24) is 5.06 Å². The van der Waals surface area contributed by atoms with Crippen LogP contribution in [-0.4, -0.2) is 44.8 Å². The zero-order valence-electron chi connectivity index (χ0n) is 6.22. The second kappa shape index (κ2) is 2.42. The maximum absolute atomic E-state index is 9.38. The highest BCUT2D eigenvalue weighted by atomic mass is 16.5. The van der Waals surface area contributed by atoms with Crippen LogP contribution in [0.25, 0.3) is 0 Å². The van der Waals surface area contributed by atoms with E-state index in [1.165, 1.54) is 0 Å². The number of rotatable bonds is 0. The molecule has 4 nitrogen and oxygen atoms in total. The van der Waals surface area contributed by atoms with Gasteiger partial charge < -0.3 is 15.4 Å². The fourth-order valence-corrected chi connectivity index (χ4v) is 2.16. The summed E-state index contributed by atoms with van der Waals surface area (Å²) < 4.78 is 0. The van der Waals surface area contributed by atoms with Gasteiger partial charge in [0.05, 0.1) is 18.2 Å². The Hall–Kier alpha value is -0.160. The van der Waals surface area contributed by atoms with E-state index in [2.05, 4.69) is 0 Å². The predicted molar refractivity (Wildman–Crippen MR) is 37.1 cm³/mol. The van der Waals surface area contributed by atoms with Gasteiger partial charge in [0.1, 0.15) is 0 Å². The van der Waals surface area contributed by atoms with E-state index >= 15 is 0 Å². The van der Waals surface area contributed by atoms with Gasteiger partial charge in [-0.3, -0.25) is 0 Å². The molecule has 2 bridgehead atoms. The maximum atomic E-state index is 9.38. The lowest BCUT2D eigenvalue weighted by Crippen LogP contribution is -2.48. The highest BCUT2D eigenvalue weighted by Gasteiger charge is 2.47. The molecule has 0 aromatic carbocycles. The molecular formula is C7H13NO3. The first-order valence-corrected chi connectivity index (χ1v) is 4.03. The Kier molecular flexibility index (Phi) is 1.64. The minimum absolute atomic E-state index is 0.0680. The Bertz CT molecular complexity index is 160. The van der Waals surface area contributed by atoms with Crippen LogP contribution in [0.1, 0.15) is 19.3 Å². The zero-order chi connectivity index (χ0) is 8.01. The fraction of sp³-hybridized carbons (Fsp3) is 1.00. The van der Waals surface area contributed by atoms with E-state index < -0.39 is 18.2 Å². The number of hydrogen-bond acceptors (Lipinski definition) is 4. The molecule has 0 amide bonds. The quantitative estimate of drug-likeness (QED) is 0.439. The highest BCUT2D eigenvalue weighted by molar-refractivity contribution is 4.98. The van der Waals surface area contributed by atoms with Crippen molar-refractivity contribution >= 4 is 0 Å². The average Bonchev–Trinajstić information content (AvgIpc) is 2.11. The van der Waals surface area contributed by atoms with Gasteiger partial charge >= 0.3 is 0 Å². The molecule has 3 N–H and O–H groups in total. The van der Waals surface area contributed by atoms with E-state index in [0.29, 0.717) is 12.8 Å². The van der Waals surface area contributed by atoms with E-state index in [1.807, 2.05) is 0 Å². The predicted octanol–water partition coefficient (Wildman–Crippen LogP) is -0.666. The molecule has 2 aliphatic rings. The van der Waals surface area contributed by atoms with Crippen molar-refractivity contribution in [3.05, 3.63) is 0 Å². The minimum Gasteiger partial charge on any atom is -0.391 e. The van der Waals surface area contributed by atoms with Gasteiger partial charge in [-0.1, -0.05) is 0 Å². The van der Waals surface area contributed by atoms with Crippen LogP contribution in [0.4, 0.5) is 0 Å². The summed E-state index contributed by atoms with van der Waals surface area (Å²) in [5.41, 5.74) is 0. The second-order valence-electron chi connectivity index (χ2n) is 3.47. The molecule has 0 spiro atoms. The van der Waals surface area contributed by atoms with Gasteiger partial charge in [-0.05, 0) is 19.3 Å². The first kappa shape index (κ1) is 7.49. The number of hydroxylamine groups is 2. The summed E-state index contributed by atoms with van der Waals surface area (Å²) in [6, 6.07) is -0.368. The third kappa shape index (κ3) is 0.980. The van der Waals surface area contributed by atoms with Crippen molar-refractivity contribution in [2.45, 2.75) is 43.6 Å². The molecule has 4 heteroatoms. The van der Waals surface area contributed by atoms with Crippen molar-refractivity contribution in [1.29, 1.82) is 0 Å². The van der Waals surface area contributed by atoms with Crippen molar-refractivity contribution < 1.29 is 15.4 Å². The Balaban J connectivity index is 2.18. The van der Waals surface area contributed by atoms with Crippen LogP contribution in [0, 0.1) is 0 Å². The lowest BCUT2D eigenvalue weighted by molar-refractivity contribution is -0.188. The Morgan fingerprint density at radius 3 is 2.45 bits per heavy atom. The van der Waals surface area contributed by atoms with Gasteiger partial charge in [0, 0.05) is 6.04 Å². The van der Waals surface area contributed by atoms with Gasteiger partial charge in [0.15, 0.2) is 0 Å². The molecule has 0 aromatic rings. The summed E-state index contributed by atoms with van der Waals surface area (Å²) in [6.07, 6.45) is 0.962. The molecule has 0 unspecified atom stereocenters. The molecule has 64 valence electrons. The molecule has 0 radical (unpaired) electrons. The van der Waals surface area contributed by atoms with Crippen LogP contribution in [0.2, 0.25) is 0 Å². The Labute approximate surface area is 65.0 Å². The van der Waals surface area contributed by atoms with E-state index in [-0.39, 0.29) is 6.04 Å². The lowest BCUT2D eigenvalue weighted by atomic mass is 10.0. The van der Waals surface area contributed by atoms with E-state index in [9.17, 15) is 15.4 Å². The summed E-state index contributed by atoms with van der Waals surface area (Å²) >= 11 is 0. The minimum atomic E-state index is -0.561. The lowest BCUT2D eigenvalue weighted by Gasteiger charge is -2.32.